The molecule has 0 radical (unpaired) electrons. The maximum atomic E-state index is 12.4. The molecule has 0 amide bonds. The number of carbonyl (C=O) groups excluding carboxylic acids is 1. The lowest BCUT2D eigenvalue weighted by molar-refractivity contribution is -0.134. The third kappa shape index (κ3) is 4.57. The van der Waals surface area contributed by atoms with Crippen molar-refractivity contribution in [1.29, 1.82) is 0 Å². The van der Waals surface area contributed by atoms with Gasteiger partial charge in [-0.15, -0.1) is 0 Å². The number of ether oxygens (including phenoxy) is 1. The molecule has 0 spiro atoms. The number of hydrogen-bond acceptors (Lipinski definition) is 3. The number of carbonyl (C=O) groups is 1. The molecular formula is C16H29NO2. The highest BCUT2D eigenvalue weighted by Gasteiger charge is 2.37. The Hall–Kier alpha value is -0.410. The van der Waals surface area contributed by atoms with Crippen molar-refractivity contribution in [1.82, 2.24) is 4.90 Å². The lowest BCUT2D eigenvalue weighted by Gasteiger charge is -2.35. The molecule has 0 bridgehead atoms. The second kappa shape index (κ2) is 6.36. The second-order valence-corrected chi connectivity index (χ2v) is 7.12. The zero-order chi connectivity index (χ0) is 13.9. The van der Waals surface area contributed by atoms with Gasteiger partial charge in [0, 0.05) is 31.0 Å². The van der Waals surface area contributed by atoms with Crippen molar-refractivity contribution >= 4 is 5.78 Å². The fourth-order valence-electron chi connectivity index (χ4n) is 2.99. The standard InChI is InChI=1S/C16H29NO2/c1-16(2)8-4-5-14(15(16)18)11-17(3)9-10-19-12-13-6-7-13/h13-14H,4-12H2,1-3H3. The Morgan fingerprint density at radius 1 is 1.32 bits per heavy atom. The summed E-state index contributed by atoms with van der Waals surface area (Å²) in [6.07, 6.45) is 6.00. The van der Waals surface area contributed by atoms with E-state index in [0.29, 0.717) is 5.78 Å². The van der Waals surface area contributed by atoms with E-state index in [0.717, 1.165) is 45.1 Å². The molecule has 1 unspecified atom stereocenters. The van der Waals surface area contributed by atoms with Crippen LogP contribution in [0.15, 0.2) is 0 Å². The normalized spacial score (nSPS) is 26.9. The third-order valence-electron chi connectivity index (χ3n) is 4.59. The largest absolute Gasteiger partial charge is 0.380 e. The Labute approximate surface area is 117 Å². The predicted octanol–water partition coefficient (Wildman–Crippen LogP) is 2.74. The van der Waals surface area contributed by atoms with Gasteiger partial charge < -0.3 is 9.64 Å². The van der Waals surface area contributed by atoms with Gasteiger partial charge in [0.25, 0.3) is 0 Å². The molecule has 0 saturated heterocycles. The van der Waals surface area contributed by atoms with E-state index in [9.17, 15) is 4.79 Å². The highest BCUT2D eigenvalue weighted by molar-refractivity contribution is 5.87. The highest BCUT2D eigenvalue weighted by Crippen LogP contribution is 2.35. The molecule has 2 aliphatic carbocycles. The summed E-state index contributed by atoms with van der Waals surface area (Å²) >= 11 is 0. The zero-order valence-corrected chi connectivity index (χ0v) is 12.8. The first-order valence-corrected chi connectivity index (χ1v) is 7.79. The van der Waals surface area contributed by atoms with Crippen LogP contribution in [0.1, 0.15) is 46.0 Å². The first kappa shape index (κ1) is 15.0. The van der Waals surface area contributed by atoms with Crippen molar-refractivity contribution in [2.24, 2.45) is 17.3 Å². The van der Waals surface area contributed by atoms with E-state index in [1.165, 1.54) is 19.3 Å². The molecule has 1 atom stereocenters. The van der Waals surface area contributed by atoms with E-state index in [2.05, 4.69) is 25.8 Å². The Bertz CT molecular complexity index is 310. The Balaban J connectivity index is 1.65. The van der Waals surface area contributed by atoms with Crippen LogP contribution in [0.25, 0.3) is 0 Å². The topological polar surface area (TPSA) is 29.5 Å². The molecule has 0 aromatic rings. The first-order chi connectivity index (χ1) is 8.99. The molecule has 0 aliphatic heterocycles. The van der Waals surface area contributed by atoms with Crippen LogP contribution in [0.3, 0.4) is 0 Å². The van der Waals surface area contributed by atoms with E-state index in [-0.39, 0.29) is 11.3 Å². The fourth-order valence-corrected chi connectivity index (χ4v) is 2.99. The minimum Gasteiger partial charge on any atom is -0.380 e. The van der Waals surface area contributed by atoms with E-state index >= 15 is 0 Å². The molecule has 0 heterocycles. The molecule has 2 fully saturated rings. The van der Waals surface area contributed by atoms with Crippen molar-refractivity contribution < 1.29 is 9.53 Å². The predicted molar refractivity (Wildman–Crippen MR) is 77.2 cm³/mol. The molecule has 3 heteroatoms. The van der Waals surface area contributed by atoms with Crippen LogP contribution in [0.5, 0.6) is 0 Å². The minimum absolute atomic E-state index is 0.105. The molecule has 110 valence electrons. The van der Waals surface area contributed by atoms with Gasteiger partial charge in [-0.25, -0.2) is 0 Å². The van der Waals surface area contributed by atoms with E-state index in [1.807, 2.05) is 0 Å². The number of Topliss-reactive ketones (excluding diaryl/α,β-unsaturated/α-hetero) is 1. The van der Waals surface area contributed by atoms with Crippen molar-refractivity contribution in [2.75, 3.05) is 33.4 Å². The number of likely N-dealkylation sites (N-methyl/N-ethyl adjacent to an activating group) is 1. The lowest BCUT2D eigenvalue weighted by atomic mass is 9.71. The molecule has 0 N–H and O–H groups in total. The van der Waals surface area contributed by atoms with Gasteiger partial charge in [-0.1, -0.05) is 20.3 Å². The molecule has 0 aromatic heterocycles. The van der Waals surface area contributed by atoms with Gasteiger partial charge in [0.2, 0.25) is 0 Å². The average molecular weight is 267 g/mol. The third-order valence-corrected chi connectivity index (χ3v) is 4.59. The Kier molecular flexibility index (Phi) is 5.02. The van der Waals surface area contributed by atoms with Crippen LogP contribution in [0.2, 0.25) is 0 Å². The van der Waals surface area contributed by atoms with Gasteiger partial charge in [-0.05, 0) is 38.6 Å². The summed E-state index contributed by atoms with van der Waals surface area (Å²) in [7, 11) is 2.11. The van der Waals surface area contributed by atoms with Crippen molar-refractivity contribution in [3.8, 4) is 0 Å². The van der Waals surface area contributed by atoms with Gasteiger partial charge in [-0.3, -0.25) is 4.79 Å². The van der Waals surface area contributed by atoms with Crippen molar-refractivity contribution in [3.63, 3.8) is 0 Å². The van der Waals surface area contributed by atoms with E-state index in [1.54, 1.807) is 0 Å². The van der Waals surface area contributed by atoms with Gasteiger partial charge in [0.05, 0.1) is 6.61 Å². The van der Waals surface area contributed by atoms with Gasteiger partial charge >= 0.3 is 0 Å². The Morgan fingerprint density at radius 2 is 2.05 bits per heavy atom. The summed E-state index contributed by atoms with van der Waals surface area (Å²) in [6.45, 7) is 7.77. The molecule has 3 nitrogen and oxygen atoms in total. The summed E-state index contributed by atoms with van der Waals surface area (Å²) < 4.78 is 5.66. The van der Waals surface area contributed by atoms with Crippen LogP contribution in [0, 0.1) is 17.3 Å². The summed E-state index contributed by atoms with van der Waals surface area (Å²) in [5.41, 5.74) is -0.105. The zero-order valence-electron chi connectivity index (χ0n) is 12.8. The van der Waals surface area contributed by atoms with Crippen LogP contribution >= 0.6 is 0 Å². The molecule has 0 aromatic carbocycles. The summed E-state index contributed by atoms with van der Waals surface area (Å²) in [5, 5.41) is 0. The SMILES string of the molecule is CN(CCOCC1CC1)CC1CCCC(C)(C)C1=O. The quantitative estimate of drug-likeness (QED) is 0.664. The molecule has 19 heavy (non-hydrogen) atoms. The van der Waals surface area contributed by atoms with Gasteiger partial charge in [-0.2, -0.15) is 0 Å². The van der Waals surface area contributed by atoms with Crippen LogP contribution in [-0.4, -0.2) is 44.0 Å². The van der Waals surface area contributed by atoms with Crippen LogP contribution < -0.4 is 0 Å². The Morgan fingerprint density at radius 3 is 2.74 bits per heavy atom. The number of rotatable bonds is 7. The number of hydrogen-bond donors (Lipinski definition) is 0. The van der Waals surface area contributed by atoms with E-state index in [4.69, 9.17) is 4.74 Å². The smallest absolute Gasteiger partial charge is 0.142 e. The first-order valence-electron chi connectivity index (χ1n) is 7.79. The molecular weight excluding hydrogens is 238 g/mol. The fraction of sp³-hybridized carbons (Fsp3) is 0.938. The summed E-state index contributed by atoms with van der Waals surface area (Å²) in [6, 6.07) is 0. The molecule has 2 aliphatic rings. The maximum Gasteiger partial charge on any atom is 0.142 e. The average Bonchev–Trinajstić information content (AvgIpc) is 3.15. The highest BCUT2D eigenvalue weighted by atomic mass is 16.5. The summed E-state index contributed by atoms with van der Waals surface area (Å²) in [4.78, 5) is 14.6. The minimum atomic E-state index is -0.105. The van der Waals surface area contributed by atoms with Crippen molar-refractivity contribution in [2.45, 2.75) is 46.0 Å². The number of nitrogens with zero attached hydrogens (tertiary/aromatic N) is 1. The lowest BCUT2D eigenvalue weighted by Crippen LogP contribution is -2.41. The second-order valence-electron chi connectivity index (χ2n) is 7.12. The van der Waals surface area contributed by atoms with E-state index < -0.39 is 0 Å². The van der Waals surface area contributed by atoms with Crippen LogP contribution in [0.4, 0.5) is 0 Å². The summed E-state index contributed by atoms with van der Waals surface area (Å²) in [5.74, 6) is 1.53. The molecule has 2 saturated carbocycles. The molecule has 2 rings (SSSR count). The monoisotopic (exact) mass is 267 g/mol. The number of ketones is 1. The van der Waals surface area contributed by atoms with Crippen LogP contribution in [-0.2, 0) is 9.53 Å². The maximum absolute atomic E-state index is 12.4. The van der Waals surface area contributed by atoms with Gasteiger partial charge in [0.15, 0.2) is 0 Å². The van der Waals surface area contributed by atoms with Crippen molar-refractivity contribution in [3.05, 3.63) is 0 Å². The van der Waals surface area contributed by atoms with Gasteiger partial charge in [0.1, 0.15) is 5.78 Å².